The van der Waals surface area contributed by atoms with Gasteiger partial charge >= 0.3 is 0 Å². The highest BCUT2D eigenvalue weighted by molar-refractivity contribution is 5.80. The van der Waals surface area contributed by atoms with Crippen LogP contribution in [0.4, 0.5) is 0 Å². The first kappa shape index (κ1) is 14.5. The van der Waals surface area contributed by atoms with Gasteiger partial charge in [0.15, 0.2) is 0 Å². The van der Waals surface area contributed by atoms with Crippen molar-refractivity contribution < 1.29 is 9.90 Å². The summed E-state index contributed by atoms with van der Waals surface area (Å²) in [5, 5.41) is 11.8. The van der Waals surface area contributed by atoms with Gasteiger partial charge < -0.3 is 16.2 Å². The molecule has 1 fully saturated rings. The van der Waals surface area contributed by atoms with E-state index < -0.39 is 0 Å². The molecule has 100 valence electrons. The summed E-state index contributed by atoms with van der Waals surface area (Å²) < 4.78 is 0. The van der Waals surface area contributed by atoms with Gasteiger partial charge in [0.2, 0.25) is 5.91 Å². The van der Waals surface area contributed by atoms with Gasteiger partial charge in [0.1, 0.15) is 0 Å². The molecule has 1 aliphatic rings. The van der Waals surface area contributed by atoms with Gasteiger partial charge in [-0.25, -0.2) is 0 Å². The van der Waals surface area contributed by atoms with Gasteiger partial charge in [-0.1, -0.05) is 20.8 Å². The molecule has 0 aromatic rings. The van der Waals surface area contributed by atoms with Crippen molar-refractivity contribution in [1.29, 1.82) is 0 Å². The van der Waals surface area contributed by atoms with Crippen LogP contribution in [0.1, 0.15) is 40.5 Å². The number of aliphatic hydroxyl groups is 1. The van der Waals surface area contributed by atoms with Crippen molar-refractivity contribution in [1.82, 2.24) is 5.32 Å². The Hall–Kier alpha value is -0.610. The average molecular weight is 242 g/mol. The Kier molecular flexibility index (Phi) is 4.55. The molecule has 0 bridgehead atoms. The highest BCUT2D eigenvalue weighted by atomic mass is 16.3. The predicted octanol–water partition coefficient (Wildman–Crippen LogP) is 0.883. The molecular formula is C13H26N2O2. The number of nitrogens with one attached hydrogen (secondary N) is 1. The van der Waals surface area contributed by atoms with Crippen LogP contribution in [0.3, 0.4) is 0 Å². The van der Waals surface area contributed by atoms with Crippen LogP contribution in [-0.4, -0.2) is 29.7 Å². The maximum absolute atomic E-state index is 12.2. The Labute approximate surface area is 104 Å². The van der Waals surface area contributed by atoms with Crippen molar-refractivity contribution in [3.8, 4) is 0 Å². The molecule has 4 nitrogen and oxygen atoms in total. The van der Waals surface area contributed by atoms with E-state index in [4.69, 9.17) is 10.8 Å². The molecule has 0 spiro atoms. The molecule has 1 rings (SSSR count). The summed E-state index contributed by atoms with van der Waals surface area (Å²) in [4.78, 5) is 12.2. The SMILES string of the molecule is CC1C(N)CCC(C(=O)N[C@H](C)CO)C1(C)C. The highest BCUT2D eigenvalue weighted by Crippen LogP contribution is 2.44. The van der Waals surface area contributed by atoms with Gasteiger partial charge in [0, 0.05) is 18.0 Å². The van der Waals surface area contributed by atoms with Crippen molar-refractivity contribution in [2.45, 2.75) is 52.6 Å². The predicted molar refractivity (Wildman–Crippen MR) is 68.3 cm³/mol. The van der Waals surface area contributed by atoms with Crippen LogP contribution < -0.4 is 11.1 Å². The number of rotatable bonds is 3. The summed E-state index contributed by atoms with van der Waals surface area (Å²) in [5.74, 6) is 0.373. The number of nitrogens with two attached hydrogens (primary N) is 1. The van der Waals surface area contributed by atoms with Crippen LogP contribution in [0.5, 0.6) is 0 Å². The van der Waals surface area contributed by atoms with E-state index in [1.165, 1.54) is 0 Å². The number of amides is 1. The molecule has 4 atom stereocenters. The van der Waals surface area contributed by atoms with E-state index in [1.807, 2.05) is 6.92 Å². The summed E-state index contributed by atoms with van der Waals surface area (Å²) in [6.45, 7) is 8.14. The van der Waals surface area contributed by atoms with Gasteiger partial charge in [0.25, 0.3) is 0 Å². The first-order valence-electron chi connectivity index (χ1n) is 6.47. The van der Waals surface area contributed by atoms with E-state index in [-0.39, 0.29) is 35.9 Å². The average Bonchev–Trinajstić information content (AvgIpc) is 2.25. The van der Waals surface area contributed by atoms with Gasteiger partial charge in [-0.15, -0.1) is 0 Å². The quantitative estimate of drug-likeness (QED) is 0.688. The third kappa shape index (κ3) is 2.99. The molecule has 4 heteroatoms. The van der Waals surface area contributed by atoms with E-state index >= 15 is 0 Å². The molecule has 1 amide bonds. The molecule has 0 aliphatic heterocycles. The van der Waals surface area contributed by atoms with Gasteiger partial charge in [-0.2, -0.15) is 0 Å². The number of aliphatic hydroxyl groups excluding tert-OH is 1. The van der Waals surface area contributed by atoms with E-state index in [2.05, 4.69) is 26.1 Å². The lowest BCUT2D eigenvalue weighted by atomic mass is 9.61. The van der Waals surface area contributed by atoms with Crippen molar-refractivity contribution in [3.63, 3.8) is 0 Å². The fraction of sp³-hybridized carbons (Fsp3) is 0.923. The van der Waals surface area contributed by atoms with Gasteiger partial charge in [-0.05, 0) is 31.1 Å². The number of carbonyl (C=O) groups excluding carboxylic acids is 1. The van der Waals surface area contributed by atoms with Crippen molar-refractivity contribution >= 4 is 5.91 Å². The van der Waals surface area contributed by atoms with Crippen molar-refractivity contribution in [3.05, 3.63) is 0 Å². The van der Waals surface area contributed by atoms with Crippen molar-refractivity contribution in [2.75, 3.05) is 6.61 Å². The zero-order valence-electron chi connectivity index (χ0n) is 11.4. The second-order valence-corrected chi connectivity index (χ2v) is 6.00. The van der Waals surface area contributed by atoms with Gasteiger partial charge in [0.05, 0.1) is 6.61 Å². The number of carbonyl (C=O) groups is 1. The topological polar surface area (TPSA) is 75.4 Å². The highest BCUT2D eigenvalue weighted by Gasteiger charge is 2.45. The Morgan fingerprint density at radius 1 is 1.53 bits per heavy atom. The first-order valence-corrected chi connectivity index (χ1v) is 6.47. The molecule has 1 saturated carbocycles. The summed E-state index contributed by atoms with van der Waals surface area (Å²) >= 11 is 0. The lowest BCUT2D eigenvalue weighted by Gasteiger charge is -2.46. The zero-order valence-corrected chi connectivity index (χ0v) is 11.4. The molecule has 0 aromatic heterocycles. The Balaban J connectivity index is 2.73. The number of hydrogen-bond acceptors (Lipinski definition) is 3. The third-order valence-electron chi connectivity index (χ3n) is 4.48. The molecule has 1 aliphatic carbocycles. The lowest BCUT2D eigenvalue weighted by molar-refractivity contribution is -0.133. The fourth-order valence-electron chi connectivity index (χ4n) is 2.71. The minimum atomic E-state index is -0.177. The molecule has 0 radical (unpaired) electrons. The van der Waals surface area contributed by atoms with Gasteiger partial charge in [-0.3, -0.25) is 4.79 Å². The van der Waals surface area contributed by atoms with Crippen LogP contribution in [-0.2, 0) is 4.79 Å². The Morgan fingerprint density at radius 2 is 2.12 bits per heavy atom. The maximum Gasteiger partial charge on any atom is 0.223 e. The molecule has 0 saturated heterocycles. The molecule has 0 aromatic carbocycles. The minimum absolute atomic E-state index is 0.00806. The summed E-state index contributed by atoms with van der Waals surface area (Å²) in [7, 11) is 0. The third-order valence-corrected chi connectivity index (χ3v) is 4.48. The molecular weight excluding hydrogens is 216 g/mol. The first-order chi connectivity index (χ1) is 7.80. The summed E-state index contributed by atoms with van der Waals surface area (Å²) in [6.07, 6.45) is 1.73. The number of hydrogen-bond donors (Lipinski definition) is 3. The van der Waals surface area contributed by atoms with E-state index in [0.717, 1.165) is 12.8 Å². The van der Waals surface area contributed by atoms with E-state index in [1.54, 1.807) is 0 Å². The van der Waals surface area contributed by atoms with Crippen molar-refractivity contribution in [2.24, 2.45) is 23.0 Å². The molecule has 0 heterocycles. The summed E-state index contributed by atoms with van der Waals surface area (Å²) in [5.41, 5.74) is 5.99. The monoisotopic (exact) mass is 242 g/mol. The standard InChI is InChI=1S/C13H26N2O2/c1-8(7-16)15-12(17)10-5-6-11(14)9(2)13(10,3)4/h8-11,16H,5-7,14H2,1-4H3,(H,15,17)/t8-,9?,10?,11?/m1/s1. The Morgan fingerprint density at radius 3 is 2.65 bits per heavy atom. The molecule has 17 heavy (non-hydrogen) atoms. The summed E-state index contributed by atoms with van der Waals surface area (Å²) in [6, 6.07) is 0.00789. The smallest absolute Gasteiger partial charge is 0.223 e. The van der Waals surface area contributed by atoms with Crippen LogP contribution in [0, 0.1) is 17.3 Å². The second kappa shape index (κ2) is 5.36. The van der Waals surface area contributed by atoms with Crippen LogP contribution >= 0.6 is 0 Å². The Bertz CT molecular complexity index is 279. The lowest BCUT2D eigenvalue weighted by Crippen LogP contribution is -2.53. The minimum Gasteiger partial charge on any atom is -0.394 e. The van der Waals surface area contributed by atoms with Crippen LogP contribution in [0.15, 0.2) is 0 Å². The molecule has 3 unspecified atom stereocenters. The van der Waals surface area contributed by atoms with E-state index in [0.29, 0.717) is 5.92 Å². The van der Waals surface area contributed by atoms with Crippen LogP contribution in [0.2, 0.25) is 0 Å². The second-order valence-electron chi connectivity index (χ2n) is 6.00. The normalized spacial score (nSPS) is 34.1. The van der Waals surface area contributed by atoms with Crippen LogP contribution in [0.25, 0.3) is 0 Å². The largest absolute Gasteiger partial charge is 0.394 e. The fourth-order valence-corrected chi connectivity index (χ4v) is 2.71. The maximum atomic E-state index is 12.2. The molecule has 4 N–H and O–H groups in total. The zero-order chi connectivity index (χ0) is 13.2. The van der Waals surface area contributed by atoms with E-state index in [9.17, 15) is 4.79 Å².